The van der Waals surface area contributed by atoms with E-state index in [0.717, 1.165) is 18.4 Å². The SMILES string of the molecule is CNC(=O)CN(C(=O)c1ccc(NC(C)=O)nc1)C1CCC(CN)(c2cccc(Cl)c2)CC1. The number of carbonyl (C=O) groups is 3. The van der Waals surface area contributed by atoms with Gasteiger partial charge in [0, 0.05) is 43.2 Å². The van der Waals surface area contributed by atoms with E-state index in [1.165, 1.54) is 13.1 Å². The molecule has 0 bridgehead atoms. The Morgan fingerprint density at radius 3 is 2.48 bits per heavy atom. The van der Waals surface area contributed by atoms with E-state index in [-0.39, 0.29) is 35.7 Å². The van der Waals surface area contributed by atoms with Crippen LogP contribution in [0.15, 0.2) is 42.6 Å². The summed E-state index contributed by atoms with van der Waals surface area (Å²) in [5.74, 6) is -0.387. The molecule has 1 aromatic heterocycles. The van der Waals surface area contributed by atoms with Crippen LogP contribution in [0.5, 0.6) is 0 Å². The van der Waals surface area contributed by atoms with E-state index in [1.54, 1.807) is 24.1 Å². The van der Waals surface area contributed by atoms with Gasteiger partial charge in [-0.15, -0.1) is 0 Å². The molecule has 4 N–H and O–H groups in total. The number of hydrogen-bond donors (Lipinski definition) is 3. The Kier molecular flexibility index (Phi) is 8.05. The predicted octanol–water partition coefficient (Wildman–Crippen LogP) is 2.72. The van der Waals surface area contributed by atoms with Crippen molar-refractivity contribution in [1.82, 2.24) is 15.2 Å². The quantitative estimate of drug-likeness (QED) is 0.574. The van der Waals surface area contributed by atoms with Crippen LogP contribution in [0.1, 0.15) is 48.5 Å². The average Bonchev–Trinajstić information content (AvgIpc) is 2.82. The average molecular weight is 472 g/mol. The zero-order chi connectivity index (χ0) is 24.0. The third kappa shape index (κ3) is 5.89. The van der Waals surface area contributed by atoms with Gasteiger partial charge in [-0.3, -0.25) is 14.4 Å². The second kappa shape index (κ2) is 10.8. The highest BCUT2D eigenvalue weighted by atomic mass is 35.5. The molecule has 33 heavy (non-hydrogen) atoms. The highest BCUT2D eigenvalue weighted by Crippen LogP contribution is 2.41. The van der Waals surface area contributed by atoms with E-state index in [9.17, 15) is 14.4 Å². The molecule has 0 atom stereocenters. The summed E-state index contributed by atoms with van der Waals surface area (Å²) < 4.78 is 0. The van der Waals surface area contributed by atoms with E-state index in [4.69, 9.17) is 17.3 Å². The topological polar surface area (TPSA) is 117 Å². The summed E-state index contributed by atoms with van der Waals surface area (Å²) in [6.07, 6.45) is 4.41. The third-order valence-corrected chi connectivity index (χ3v) is 6.58. The molecule has 9 heteroatoms. The van der Waals surface area contributed by atoms with E-state index >= 15 is 0 Å². The molecule has 0 unspecified atom stereocenters. The molecule has 0 aliphatic heterocycles. The van der Waals surface area contributed by atoms with Crippen molar-refractivity contribution < 1.29 is 14.4 Å². The summed E-state index contributed by atoms with van der Waals surface area (Å²) in [6.45, 7) is 1.83. The van der Waals surface area contributed by atoms with Crippen LogP contribution in [-0.4, -0.2) is 53.8 Å². The first-order chi connectivity index (χ1) is 15.8. The number of nitrogens with one attached hydrogen (secondary N) is 2. The summed E-state index contributed by atoms with van der Waals surface area (Å²) in [7, 11) is 1.55. The van der Waals surface area contributed by atoms with Gasteiger partial charge in [0.1, 0.15) is 12.4 Å². The molecular formula is C24H30ClN5O3. The highest BCUT2D eigenvalue weighted by molar-refractivity contribution is 6.30. The number of likely N-dealkylation sites (N-methyl/N-ethyl adjacent to an activating group) is 1. The lowest BCUT2D eigenvalue weighted by molar-refractivity contribution is -0.122. The second-order valence-electron chi connectivity index (χ2n) is 8.45. The minimum Gasteiger partial charge on any atom is -0.358 e. The van der Waals surface area contributed by atoms with Crippen LogP contribution in [0.4, 0.5) is 5.82 Å². The number of anilines is 1. The van der Waals surface area contributed by atoms with Gasteiger partial charge in [-0.25, -0.2) is 4.98 Å². The minimum atomic E-state index is -0.270. The summed E-state index contributed by atoms with van der Waals surface area (Å²) in [5.41, 5.74) is 7.48. The van der Waals surface area contributed by atoms with E-state index in [2.05, 4.69) is 21.7 Å². The number of halogens is 1. The van der Waals surface area contributed by atoms with Gasteiger partial charge in [-0.2, -0.15) is 0 Å². The Bertz CT molecular complexity index is 1000. The van der Waals surface area contributed by atoms with Gasteiger partial charge >= 0.3 is 0 Å². The third-order valence-electron chi connectivity index (χ3n) is 6.35. The summed E-state index contributed by atoms with van der Waals surface area (Å²) in [4.78, 5) is 42.5. The Morgan fingerprint density at radius 1 is 1.21 bits per heavy atom. The molecule has 0 radical (unpaired) electrons. The first kappa shape index (κ1) is 24.7. The molecule has 3 rings (SSSR count). The molecule has 8 nitrogen and oxygen atoms in total. The molecule has 0 saturated heterocycles. The maximum absolute atomic E-state index is 13.4. The molecule has 1 aliphatic rings. The number of amides is 3. The van der Waals surface area contributed by atoms with Crippen LogP contribution in [0.3, 0.4) is 0 Å². The maximum Gasteiger partial charge on any atom is 0.256 e. The van der Waals surface area contributed by atoms with Crippen LogP contribution < -0.4 is 16.4 Å². The zero-order valence-corrected chi connectivity index (χ0v) is 19.7. The van der Waals surface area contributed by atoms with Crippen molar-refractivity contribution in [2.75, 3.05) is 25.5 Å². The molecule has 176 valence electrons. The molecule has 0 spiro atoms. The monoisotopic (exact) mass is 471 g/mol. The van der Waals surface area contributed by atoms with Gasteiger partial charge in [0.2, 0.25) is 11.8 Å². The van der Waals surface area contributed by atoms with Crippen molar-refractivity contribution in [3.63, 3.8) is 0 Å². The smallest absolute Gasteiger partial charge is 0.256 e. The van der Waals surface area contributed by atoms with Crippen LogP contribution >= 0.6 is 11.6 Å². The Hall–Kier alpha value is -2.97. The number of rotatable bonds is 7. The fourth-order valence-corrected chi connectivity index (χ4v) is 4.63. The van der Waals surface area contributed by atoms with Gasteiger partial charge < -0.3 is 21.3 Å². The van der Waals surface area contributed by atoms with E-state index < -0.39 is 0 Å². The Labute approximate surface area is 198 Å². The van der Waals surface area contributed by atoms with Crippen molar-refractivity contribution >= 4 is 35.1 Å². The highest BCUT2D eigenvalue weighted by Gasteiger charge is 2.39. The van der Waals surface area contributed by atoms with Gasteiger partial charge in [-0.05, 0) is 55.5 Å². The Morgan fingerprint density at radius 2 is 1.94 bits per heavy atom. The number of benzene rings is 1. The fraction of sp³-hybridized carbons (Fsp3) is 0.417. The maximum atomic E-state index is 13.4. The minimum absolute atomic E-state index is 0.0414. The van der Waals surface area contributed by atoms with Gasteiger partial charge in [0.15, 0.2) is 0 Å². The molecule has 1 aliphatic carbocycles. The zero-order valence-electron chi connectivity index (χ0n) is 18.9. The normalized spacial score (nSPS) is 20.1. The van der Waals surface area contributed by atoms with Gasteiger partial charge in [0.25, 0.3) is 5.91 Å². The largest absolute Gasteiger partial charge is 0.358 e. The fourth-order valence-electron chi connectivity index (χ4n) is 4.44. The Balaban J connectivity index is 1.79. The summed E-state index contributed by atoms with van der Waals surface area (Å²) >= 11 is 6.22. The van der Waals surface area contributed by atoms with Crippen molar-refractivity contribution in [3.05, 3.63) is 58.7 Å². The number of carbonyl (C=O) groups excluding carboxylic acids is 3. The molecule has 1 heterocycles. The van der Waals surface area contributed by atoms with Crippen molar-refractivity contribution in [2.24, 2.45) is 5.73 Å². The molecular weight excluding hydrogens is 442 g/mol. The number of nitrogens with zero attached hydrogens (tertiary/aromatic N) is 2. The number of hydrogen-bond acceptors (Lipinski definition) is 5. The first-order valence-corrected chi connectivity index (χ1v) is 11.4. The lowest BCUT2D eigenvalue weighted by Gasteiger charge is -2.43. The van der Waals surface area contributed by atoms with Crippen LogP contribution in [-0.2, 0) is 15.0 Å². The van der Waals surface area contributed by atoms with E-state index in [1.807, 2.05) is 18.2 Å². The molecule has 1 saturated carbocycles. The van der Waals surface area contributed by atoms with Crippen molar-refractivity contribution in [1.29, 1.82) is 0 Å². The summed E-state index contributed by atoms with van der Waals surface area (Å²) in [6, 6.07) is 10.9. The van der Waals surface area contributed by atoms with Gasteiger partial charge in [-0.1, -0.05) is 23.7 Å². The summed E-state index contributed by atoms with van der Waals surface area (Å²) in [5, 5.41) is 5.86. The van der Waals surface area contributed by atoms with Crippen molar-refractivity contribution in [3.8, 4) is 0 Å². The van der Waals surface area contributed by atoms with Crippen LogP contribution in [0, 0.1) is 0 Å². The first-order valence-electron chi connectivity index (χ1n) is 11.0. The van der Waals surface area contributed by atoms with Gasteiger partial charge in [0.05, 0.1) is 5.56 Å². The van der Waals surface area contributed by atoms with Crippen molar-refractivity contribution in [2.45, 2.75) is 44.1 Å². The lowest BCUT2D eigenvalue weighted by atomic mass is 9.68. The molecule has 1 aromatic carbocycles. The van der Waals surface area contributed by atoms with E-state index in [0.29, 0.717) is 35.8 Å². The molecule has 1 fully saturated rings. The number of aromatic nitrogens is 1. The van der Waals surface area contributed by atoms with Crippen LogP contribution in [0.2, 0.25) is 5.02 Å². The number of nitrogens with two attached hydrogens (primary N) is 1. The second-order valence-corrected chi connectivity index (χ2v) is 8.88. The number of pyridine rings is 1. The molecule has 3 amide bonds. The lowest BCUT2D eigenvalue weighted by Crippen LogP contribution is -2.50. The molecule has 2 aromatic rings. The predicted molar refractivity (Wildman–Crippen MR) is 128 cm³/mol. The standard InChI is InChI=1S/C24H30ClN5O3/c1-16(31)29-21-7-6-17(13-28-21)23(33)30(14-22(32)27-2)20-8-10-24(15-26,11-9-20)18-4-3-5-19(25)12-18/h3-7,12-13,20H,8-11,14-15,26H2,1-2H3,(H,27,32)(H,28,29,31). The van der Waals surface area contributed by atoms with Crippen LogP contribution in [0.25, 0.3) is 0 Å².